The van der Waals surface area contributed by atoms with Crippen LogP contribution in [0.2, 0.25) is 5.28 Å². The van der Waals surface area contributed by atoms with Gasteiger partial charge in [0.05, 0.1) is 51.5 Å². The van der Waals surface area contributed by atoms with Crippen molar-refractivity contribution < 1.29 is 38.1 Å². The number of methoxy groups -OCH3 is 2. The highest BCUT2D eigenvalue weighted by atomic mass is 35.5. The predicted octanol–water partition coefficient (Wildman–Crippen LogP) is 4.29. The van der Waals surface area contributed by atoms with Crippen LogP contribution in [0.15, 0.2) is 54.9 Å². The van der Waals surface area contributed by atoms with Crippen molar-refractivity contribution in [1.82, 2.24) is 19.5 Å². The lowest BCUT2D eigenvalue weighted by atomic mass is 9.90. The summed E-state index contributed by atoms with van der Waals surface area (Å²) in [6.45, 7) is 5.42. The second-order valence-corrected chi connectivity index (χ2v) is 10.5. The first-order valence-electron chi connectivity index (χ1n) is 14.9. The van der Waals surface area contributed by atoms with Crippen molar-refractivity contribution in [3.8, 4) is 23.5 Å². The molecule has 4 aromatic rings. The monoisotopic (exact) mass is 679 g/mol. The van der Waals surface area contributed by atoms with Gasteiger partial charge in [-0.2, -0.15) is 9.97 Å². The fourth-order valence-corrected chi connectivity index (χ4v) is 4.68. The zero-order valence-corrected chi connectivity index (χ0v) is 28.2. The summed E-state index contributed by atoms with van der Waals surface area (Å²) >= 11 is 5.66. The summed E-state index contributed by atoms with van der Waals surface area (Å²) in [5.74, 6) is 0.448. The minimum Gasteiger partial charge on any atom is -0.465 e. The number of esters is 3. The van der Waals surface area contributed by atoms with Crippen LogP contribution in [0.25, 0.3) is 22.3 Å². The topological polar surface area (TPSA) is 167 Å². The quantitative estimate of drug-likeness (QED) is 0.0701. The van der Waals surface area contributed by atoms with E-state index in [0.29, 0.717) is 28.8 Å². The molecule has 2 aromatic carbocycles. The molecule has 0 aliphatic carbocycles. The van der Waals surface area contributed by atoms with Crippen LogP contribution in [0.4, 0.5) is 5.82 Å². The maximum Gasteiger partial charge on any atom is 0.350 e. The molecule has 0 fully saturated rings. The van der Waals surface area contributed by atoms with Crippen molar-refractivity contribution in [1.29, 1.82) is 0 Å². The Morgan fingerprint density at radius 2 is 1.71 bits per heavy atom. The summed E-state index contributed by atoms with van der Waals surface area (Å²) < 4.78 is 28.2. The highest BCUT2D eigenvalue weighted by Crippen LogP contribution is 2.29. The summed E-state index contributed by atoms with van der Waals surface area (Å²) in [6.07, 6.45) is 6.14. The van der Waals surface area contributed by atoms with Crippen LogP contribution in [0.1, 0.15) is 36.7 Å². The molecule has 2 heterocycles. The summed E-state index contributed by atoms with van der Waals surface area (Å²) in [7, 11) is 2.79. The number of nitrogen functional groups attached to an aromatic ring is 1. The number of ether oxygens (including phenoxy) is 5. The molecule has 0 amide bonds. The van der Waals surface area contributed by atoms with Crippen LogP contribution in [-0.4, -0.2) is 83.2 Å². The molecule has 1 atom stereocenters. The number of nitrogens with two attached hydrogens (primary N) is 1. The number of terminal acetylenes is 1. The lowest BCUT2D eigenvalue weighted by Crippen LogP contribution is -2.54. The normalized spacial score (nSPS) is 11.5. The van der Waals surface area contributed by atoms with E-state index in [9.17, 15) is 14.4 Å². The molecule has 0 spiro atoms. The van der Waals surface area contributed by atoms with E-state index in [4.69, 9.17) is 47.4 Å². The summed E-state index contributed by atoms with van der Waals surface area (Å²) in [6, 6.07) is 14.4. The number of anilines is 1. The molecule has 48 heavy (non-hydrogen) atoms. The van der Waals surface area contributed by atoms with E-state index in [2.05, 4.69) is 20.9 Å². The van der Waals surface area contributed by atoms with Gasteiger partial charge in [0, 0.05) is 13.5 Å². The van der Waals surface area contributed by atoms with Crippen molar-refractivity contribution in [3.63, 3.8) is 0 Å². The van der Waals surface area contributed by atoms with Crippen molar-refractivity contribution in [2.75, 3.05) is 39.8 Å². The third-order valence-corrected chi connectivity index (χ3v) is 7.10. The van der Waals surface area contributed by atoms with Gasteiger partial charge in [0.2, 0.25) is 5.28 Å². The largest absolute Gasteiger partial charge is 0.465 e. The fourth-order valence-electron chi connectivity index (χ4n) is 4.51. The predicted molar refractivity (Wildman–Crippen MR) is 179 cm³/mol. The first-order valence-corrected chi connectivity index (χ1v) is 15.3. The molecule has 13 nitrogen and oxygen atoms in total. The zero-order chi connectivity index (χ0) is 35.3. The number of fused-ring (bicyclic) bond motifs is 1. The molecule has 14 heteroatoms. The number of halogens is 1. The maximum atomic E-state index is 13.1. The molecule has 254 valence electrons. The standard InChI is InChI=1S/C26H32O8.C8H6ClN5/c1-6-32-24(28)26(25(29)33-7-2,34-17-18(3)30-4)16-19-13-14-21(20-11-9-8-10-12-20)22(15-19)23(27)31-5;1-2-3-14-4-11-5-6(10)12-8(9)13-7(5)14/h8-15,18H,6-7,16-17H2,1-5H3;1,4H,3H2,(H2,10,12,13). The van der Waals surface area contributed by atoms with E-state index in [1.54, 1.807) is 49.9 Å². The van der Waals surface area contributed by atoms with E-state index < -0.39 is 29.6 Å². The molecule has 0 aliphatic heterocycles. The number of imidazole rings is 1. The number of aromatic nitrogens is 4. The molecular weight excluding hydrogens is 642 g/mol. The summed E-state index contributed by atoms with van der Waals surface area (Å²) in [5.41, 5.74) is 6.87. The van der Waals surface area contributed by atoms with Gasteiger partial charge in [-0.3, -0.25) is 0 Å². The van der Waals surface area contributed by atoms with E-state index in [1.165, 1.54) is 14.2 Å². The van der Waals surface area contributed by atoms with Gasteiger partial charge in [0.25, 0.3) is 5.60 Å². The molecule has 2 aromatic heterocycles. The highest BCUT2D eigenvalue weighted by Gasteiger charge is 2.51. The number of nitrogens with zero attached hydrogens (tertiary/aromatic N) is 4. The molecule has 0 saturated carbocycles. The minimum absolute atomic E-state index is 0.0452. The van der Waals surface area contributed by atoms with Crippen LogP contribution in [0, 0.1) is 12.3 Å². The van der Waals surface area contributed by atoms with E-state index in [-0.39, 0.29) is 42.9 Å². The fraction of sp³-hybridized carbons (Fsp3) is 0.353. The number of carbonyl (C=O) groups excluding carboxylic acids is 3. The molecule has 2 N–H and O–H groups in total. The Morgan fingerprint density at radius 1 is 1.04 bits per heavy atom. The number of hydrogen-bond donors (Lipinski definition) is 1. The Morgan fingerprint density at radius 3 is 2.29 bits per heavy atom. The number of hydrogen-bond acceptors (Lipinski definition) is 12. The van der Waals surface area contributed by atoms with Crippen LogP contribution < -0.4 is 5.73 Å². The van der Waals surface area contributed by atoms with Crippen LogP contribution in [-0.2, 0) is 46.2 Å². The smallest absolute Gasteiger partial charge is 0.350 e. The van der Waals surface area contributed by atoms with Crippen LogP contribution in [0.5, 0.6) is 0 Å². The Bertz CT molecular complexity index is 1740. The molecule has 0 saturated heterocycles. The SMILES string of the molecule is C#CCn1cnc2c(N)nc(Cl)nc21.CCOC(=O)C(Cc1ccc(-c2ccccc2)c(C(=O)OC)c1)(OCC(C)OC)C(=O)OCC. The number of rotatable bonds is 13. The Hall–Kier alpha value is -5.03. The van der Waals surface area contributed by atoms with E-state index in [1.807, 2.05) is 30.3 Å². The van der Waals surface area contributed by atoms with Gasteiger partial charge in [-0.15, -0.1) is 6.42 Å². The lowest BCUT2D eigenvalue weighted by Gasteiger charge is -2.30. The molecular formula is C34H38ClN5O8. The van der Waals surface area contributed by atoms with Crippen molar-refractivity contribution >= 4 is 46.5 Å². The van der Waals surface area contributed by atoms with Crippen LogP contribution >= 0.6 is 11.6 Å². The minimum atomic E-state index is -2.07. The summed E-state index contributed by atoms with van der Waals surface area (Å²) in [4.78, 5) is 50.5. The number of benzene rings is 2. The maximum absolute atomic E-state index is 13.1. The van der Waals surface area contributed by atoms with Gasteiger partial charge >= 0.3 is 17.9 Å². The third-order valence-electron chi connectivity index (χ3n) is 6.93. The van der Waals surface area contributed by atoms with Gasteiger partial charge in [0.1, 0.15) is 5.52 Å². The molecule has 0 radical (unpaired) electrons. The third kappa shape index (κ3) is 9.07. The number of carbonyl (C=O) groups is 3. The van der Waals surface area contributed by atoms with Gasteiger partial charge in [-0.05, 0) is 55.1 Å². The molecule has 0 aliphatic rings. The first-order chi connectivity index (χ1) is 23.0. The highest BCUT2D eigenvalue weighted by molar-refractivity contribution is 6.28. The lowest BCUT2D eigenvalue weighted by molar-refractivity contribution is -0.194. The van der Waals surface area contributed by atoms with Gasteiger partial charge in [0.15, 0.2) is 11.5 Å². The second-order valence-electron chi connectivity index (χ2n) is 10.2. The van der Waals surface area contributed by atoms with Gasteiger partial charge < -0.3 is 34.0 Å². The Kier molecular flexibility index (Phi) is 13.9. The molecule has 0 bridgehead atoms. The van der Waals surface area contributed by atoms with Crippen molar-refractivity contribution in [2.24, 2.45) is 0 Å². The van der Waals surface area contributed by atoms with Gasteiger partial charge in [-0.1, -0.05) is 48.4 Å². The van der Waals surface area contributed by atoms with Crippen LogP contribution in [0.3, 0.4) is 0 Å². The summed E-state index contributed by atoms with van der Waals surface area (Å²) in [5, 5.41) is 0.0915. The van der Waals surface area contributed by atoms with E-state index in [0.717, 1.165) is 5.56 Å². The Balaban J connectivity index is 0.000000368. The average Bonchev–Trinajstić information content (AvgIpc) is 3.49. The first kappa shape index (κ1) is 37.4. The zero-order valence-electron chi connectivity index (χ0n) is 27.4. The van der Waals surface area contributed by atoms with Crippen molar-refractivity contribution in [3.05, 3.63) is 71.3 Å². The van der Waals surface area contributed by atoms with E-state index >= 15 is 0 Å². The van der Waals surface area contributed by atoms with Crippen molar-refractivity contribution in [2.45, 2.75) is 45.4 Å². The molecule has 4 rings (SSSR count). The average molecular weight is 680 g/mol. The second kappa shape index (κ2) is 17.8. The van der Waals surface area contributed by atoms with Gasteiger partial charge in [-0.25, -0.2) is 19.4 Å². The Labute approximate surface area is 283 Å². The molecule has 1 unspecified atom stereocenters.